The Hall–Kier alpha value is -0.0800. The Labute approximate surface area is 149 Å². The predicted molar refractivity (Wildman–Crippen MR) is 97.9 cm³/mol. The molecular formula is C22H38O2. The minimum Gasteiger partial charge on any atom is -0.375 e. The van der Waals surface area contributed by atoms with Crippen molar-refractivity contribution in [1.82, 2.24) is 0 Å². The molecule has 4 aliphatic rings. The highest BCUT2D eigenvalue weighted by molar-refractivity contribution is 5.12. The smallest absolute Gasteiger partial charge is 0.0704 e. The Balaban J connectivity index is 1.28. The van der Waals surface area contributed by atoms with Gasteiger partial charge in [-0.2, -0.15) is 0 Å². The summed E-state index contributed by atoms with van der Waals surface area (Å²) in [4.78, 5) is 0. The number of rotatable bonds is 5. The van der Waals surface area contributed by atoms with Gasteiger partial charge in [0.2, 0.25) is 0 Å². The molecule has 0 heterocycles. The summed E-state index contributed by atoms with van der Waals surface area (Å²) in [6, 6.07) is 0. The van der Waals surface area contributed by atoms with Crippen LogP contribution >= 0.6 is 0 Å². The fraction of sp³-hybridized carbons (Fsp3) is 1.00. The van der Waals surface area contributed by atoms with Crippen LogP contribution in [0.2, 0.25) is 0 Å². The molecule has 0 radical (unpaired) electrons. The molecule has 4 bridgehead atoms. The van der Waals surface area contributed by atoms with E-state index in [0.29, 0.717) is 33.9 Å². The van der Waals surface area contributed by atoms with Crippen molar-refractivity contribution in [3.05, 3.63) is 0 Å². The molecule has 0 amide bonds. The van der Waals surface area contributed by atoms with Gasteiger partial charge < -0.3 is 9.47 Å². The minimum atomic E-state index is 0.373. The highest BCUT2D eigenvalue weighted by atomic mass is 16.5. The van der Waals surface area contributed by atoms with Crippen LogP contribution in [0.25, 0.3) is 0 Å². The van der Waals surface area contributed by atoms with Gasteiger partial charge >= 0.3 is 0 Å². The SMILES string of the molecule is CC1(C)[C@H]2CC[C@]1(C)[C@@H](OCCO[C@H]1C[C@@H]3CC[C@@]1(C)C3(C)C)C2. The van der Waals surface area contributed by atoms with Crippen LogP contribution in [0.15, 0.2) is 0 Å². The van der Waals surface area contributed by atoms with Crippen LogP contribution in [-0.4, -0.2) is 25.4 Å². The Bertz CT molecular complexity index is 464. The van der Waals surface area contributed by atoms with E-state index in [9.17, 15) is 0 Å². The number of fused-ring (bicyclic) bond motifs is 4. The Morgan fingerprint density at radius 2 is 1.04 bits per heavy atom. The van der Waals surface area contributed by atoms with Crippen molar-refractivity contribution in [3.8, 4) is 0 Å². The number of hydrogen-bond acceptors (Lipinski definition) is 2. The van der Waals surface area contributed by atoms with Crippen molar-refractivity contribution in [2.75, 3.05) is 13.2 Å². The van der Waals surface area contributed by atoms with Gasteiger partial charge in [-0.25, -0.2) is 0 Å². The third-order valence-electron chi connectivity index (χ3n) is 10.1. The molecule has 6 atom stereocenters. The zero-order valence-corrected chi connectivity index (χ0v) is 16.8. The topological polar surface area (TPSA) is 18.5 Å². The Morgan fingerprint density at radius 1 is 0.667 bits per heavy atom. The molecule has 4 saturated carbocycles. The van der Waals surface area contributed by atoms with Crippen LogP contribution < -0.4 is 0 Å². The van der Waals surface area contributed by atoms with E-state index in [0.717, 1.165) is 25.0 Å². The van der Waals surface area contributed by atoms with E-state index in [1.54, 1.807) is 0 Å². The highest BCUT2D eigenvalue weighted by Gasteiger charge is 2.63. The quantitative estimate of drug-likeness (QED) is 0.622. The normalized spacial score (nSPS) is 50.8. The lowest BCUT2D eigenvalue weighted by Crippen LogP contribution is -2.39. The van der Waals surface area contributed by atoms with Crippen molar-refractivity contribution < 1.29 is 9.47 Å². The van der Waals surface area contributed by atoms with E-state index in [1.807, 2.05) is 0 Å². The summed E-state index contributed by atoms with van der Waals surface area (Å²) in [5.74, 6) is 1.72. The number of hydrogen-bond donors (Lipinski definition) is 0. The largest absolute Gasteiger partial charge is 0.375 e. The second-order valence-corrected chi connectivity index (χ2v) is 10.9. The summed E-state index contributed by atoms with van der Waals surface area (Å²) in [5, 5.41) is 0. The van der Waals surface area contributed by atoms with E-state index in [-0.39, 0.29) is 0 Å². The van der Waals surface area contributed by atoms with Crippen LogP contribution in [0.4, 0.5) is 0 Å². The lowest BCUT2D eigenvalue weighted by atomic mass is 9.70. The third-order valence-corrected chi connectivity index (χ3v) is 10.1. The van der Waals surface area contributed by atoms with Gasteiger partial charge in [0.15, 0.2) is 0 Å². The maximum absolute atomic E-state index is 6.38. The zero-order chi connectivity index (χ0) is 17.4. The van der Waals surface area contributed by atoms with Gasteiger partial charge in [0.05, 0.1) is 25.4 Å². The lowest BCUT2D eigenvalue weighted by molar-refractivity contribution is -0.0968. The molecular weight excluding hydrogens is 296 g/mol. The second-order valence-electron chi connectivity index (χ2n) is 10.9. The molecule has 2 nitrogen and oxygen atoms in total. The third kappa shape index (κ3) is 2.02. The molecule has 0 aromatic carbocycles. The first-order valence-corrected chi connectivity index (χ1v) is 10.4. The molecule has 4 aliphatic carbocycles. The average molecular weight is 335 g/mol. The van der Waals surface area contributed by atoms with E-state index >= 15 is 0 Å². The lowest BCUT2D eigenvalue weighted by Gasteiger charge is -2.40. The van der Waals surface area contributed by atoms with Crippen LogP contribution in [0, 0.1) is 33.5 Å². The van der Waals surface area contributed by atoms with Gasteiger partial charge in [0.1, 0.15) is 0 Å². The van der Waals surface area contributed by atoms with Crippen molar-refractivity contribution in [2.24, 2.45) is 33.5 Å². The Kier molecular flexibility index (Phi) is 3.77. The van der Waals surface area contributed by atoms with Gasteiger partial charge in [-0.05, 0) is 72.0 Å². The molecule has 2 heteroatoms. The standard InChI is InChI=1S/C22H38O2/c1-19(2)15-7-9-21(19,5)17(13-15)23-11-12-24-18-14-16-8-10-22(18,6)20(16,3)4/h15-18H,7-14H2,1-6H3/t15-,16-,17-,18-,21+,22+/m0/s1. The van der Waals surface area contributed by atoms with Crippen LogP contribution in [0.1, 0.15) is 80.1 Å². The molecule has 0 N–H and O–H groups in total. The summed E-state index contributed by atoms with van der Waals surface area (Å²) in [6.07, 6.45) is 8.90. The van der Waals surface area contributed by atoms with Crippen molar-refractivity contribution in [3.63, 3.8) is 0 Å². The molecule has 24 heavy (non-hydrogen) atoms. The van der Waals surface area contributed by atoms with E-state index in [4.69, 9.17) is 9.47 Å². The van der Waals surface area contributed by atoms with Crippen molar-refractivity contribution >= 4 is 0 Å². The molecule has 138 valence electrons. The Morgan fingerprint density at radius 3 is 1.29 bits per heavy atom. The summed E-state index contributed by atoms with van der Waals surface area (Å²) in [5.41, 5.74) is 1.64. The minimum absolute atomic E-state index is 0.373. The van der Waals surface area contributed by atoms with Crippen LogP contribution in [-0.2, 0) is 9.47 Å². The summed E-state index contributed by atoms with van der Waals surface area (Å²) in [7, 11) is 0. The molecule has 0 aliphatic heterocycles. The van der Waals surface area contributed by atoms with Gasteiger partial charge in [-0.1, -0.05) is 41.5 Å². The van der Waals surface area contributed by atoms with Crippen LogP contribution in [0.3, 0.4) is 0 Å². The first-order valence-electron chi connectivity index (χ1n) is 10.4. The first kappa shape index (κ1) is 17.3. The molecule has 0 spiro atoms. The monoisotopic (exact) mass is 334 g/mol. The summed E-state index contributed by atoms with van der Waals surface area (Å²) < 4.78 is 12.8. The van der Waals surface area contributed by atoms with Crippen molar-refractivity contribution in [1.29, 1.82) is 0 Å². The first-order chi connectivity index (χ1) is 11.1. The van der Waals surface area contributed by atoms with E-state index < -0.39 is 0 Å². The van der Waals surface area contributed by atoms with Gasteiger partial charge in [-0.15, -0.1) is 0 Å². The van der Waals surface area contributed by atoms with Crippen LogP contribution in [0.5, 0.6) is 0 Å². The predicted octanol–water partition coefficient (Wildman–Crippen LogP) is 5.45. The van der Waals surface area contributed by atoms with E-state index in [2.05, 4.69) is 41.5 Å². The number of ether oxygens (including phenoxy) is 2. The summed E-state index contributed by atoms with van der Waals surface area (Å²) >= 11 is 0. The van der Waals surface area contributed by atoms with Crippen molar-refractivity contribution in [2.45, 2.75) is 92.3 Å². The average Bonchev–Trinajstić information content (AvgIpc) is 3.02. The molecule has 0 saturated heterocycles. The van der Waals surface area contributed by atoms with E-state index in [1.165, 1.54) is 38.5 Å². The van der Waals surface area contributed by atoms with Gasteiger partial charge in [-0.3, -0.25) is 0 Å². The van der Waals surface area contributed by atoms with Gasteiger partial charge in [0, 0.05) is 0 Å². The molecule has 0 unspecified atom stereocenters. The summed E-state index contributed by atoms with van der Waals surface area (Å²) in [6.45, 7) is 16.3. The van der Waals surface area contributed by atoms with Gasteiger partial charge in [0.25, 0.3) is 0 Å². The molecule has 0 aromatic heterocycles. The fourth-order valence-corrected chi connectivity index (χ4v) is 7.15. The second kappa shape index (κ2) is 5.22. The molecule has 4 rings (SSSR count). The highest BCUT2D eigenvalue weighted by Crippen LogP contribution is 2.67. The molecule has 0 aromatic rings. The zero-order valence-electron chi connectivity index (χ0n) is 16.8. The maximum Gasteiger partial charge on any atom is 0.0704 e. The molecule has 4 fully saturated rings. The fourth-order valence-electron chi connectivity index (χ4n) is 7.15. The maximum atomic E-state index is 6.38.